The van der Waals surface area contributed by atoms with E-state index in [1.807, 2.05) is 12.3 Å². The van der Waals surface area contributed by atoms with Crippen LogP contribution in [0.15, 0.2) is 23.3 Å². The fourth-order valence-electron chi connectivity index (χ4n) is 1.58. The monoisotopic (exact) mass is 235 g/mol. The van der Waals surface area contributed by atoms with Gasteiger partial charge in [-0.25, -0.2) is 0 Å². The van der Waals surface area contributed by atoms with Crippen molar-refractivity contribution in [2.24, 2.45) is 4.99 Å². The second-order valence-corrected chi connectivity index (χ2v) is 5.15. The highest BCUT2D eigenvalue weighted by molar-refractivity contribution is 8.13. The van der Waals surface area contributed by atoms with Gasteiger partial charge in [0, 0.05) is 18.0 Å². The van der Waals surface area contributed by atoms with Crippen LogP contribution in [0.5, 0.6) is 0 Å². The van der Waals surface area contributed by atoms with E-state index in [1.165, 1.54) is 12.0 Å². The number of thioether (sulfide) groups is 1. The molecule has 1 unspecified atom stereocenters. The molecule has 16 heavy (non-hydrogen) atoms. The molecular formula is C12H17N3S. The molecule has 1 aromatic rings. The lowest BCUT2D eigenvalue weighted by Crippen LogP contribution is -2.35. The normalized spacial score (nSPS) is 23.1. The summed E-state index contributed by atoms with van der Waals surface area (Å²) >= 11 is 1.80. The van der Waals surface area contributed by atoms with Gasteiger partial charge in [-0.15, -0.1) is 0 Å². The van der Waals surface area contributed by atoms with Crippen molar-refractivity contribution in [3.63, 3.8) is 0 Å². The number of aromatic nitrogens is 1. The molecule has 1 N–H and O–H groups in total. The van der Waals surface area contributed by atoms with Gasteiger partial charge in [-0.2, -0.15) is 0 Å². The molecule has 0 aliphatic carbocycles. The number of aliphatic imine (C=N–C) groups is 1. The van der Waals surface area contributed by atoms with Crippen LogP contribution in [0, 0.1) is 6.92 Å². The molecule has 2 rings (SSSR count). The topological polar surface area (TPSA) is 37.3 Å². The molecule has 1 fully saturated rings. The van der Waals surface area contributed by atoms with Gasteiger partial charge >= 0.3 is 0 Å². The number of aryl methyl sites for hydroxylation is 1. The van der Waals surface area contributed by atoms with Crippen LogP contribution >= 0.6 is 11.8 Å². The van der Waals surface area contributed by atoms with Gasteiger partial charge in [0.15, 0.2) is 5.17 Å². The predicted octanol–water partition coefficient (Wildman–Crippen LogP) is 2.36. The maximum Gasteiger partial charge on any atom is 0.157 e. The first-order valence-corrected chi connectivity index (χ1v) is 6.58. The smallest absolute Gasteiger partial charge is 0.157 e. The second-order valence-electron chi connectivity index (χ2n) is 4.07. The zero-order valence-corrected chi connectivity index (χ0v) is 10.5. The summed E-state index contributed by atoms with van der Waals surface area (Å²) in [6.45, 7) is 4.95. The Morgan fingerprint density at radius 2 is 2.50 bits per heavy atom. The summed E-state index contributed by atoms with van der Waals surface area (Å²) in [6.07, 6.45) is 3.04. The van der Waals surface area contributed by atoms with Crippen LogP contribution in [-0.2, 0) is 6.54 Å². The maximum absolute atomic E-state index is 4.57. The molecule has 0 saturated carbocycles. The van der Waals surface area contributed by atoms with Gasteiger partial charge < -0.3 is 5.32 Å². The molecule has 0 bridgehead atoms. The average molecular weight is 235 g/mol. The lowest BCUT2D eigenvalue weighted by atomic mass is 10.2. The van der Waals surface area contributed by atoms with Gasteiger partial charge in [-0.05, 0) is 31.9 Å². The molecule has 1 atom stereocenters. The molecule has 3 nitrogen and oxygen atoms in total. The SMILES string of the molecule is Cc1cccnc1CN=C1NC(C)CCS1. The Morgan fingerprint density at radius 3 is 3.25 bits per heavy atom. The molecule has 0 amide bonds. The number of hydrogen-bond acceptors (Lipinski definition) is 3. The average Bonchev–Trinajstić information content (AvgIpc) is 2.28. The van der Waals surface area contributed by atoms with E-state index in [4.69, 9.17) is 0 Å². The number of nitrogens with zero attached hydrogens (tertiary/aromatic N) is 2. The van der Waals surface area contributed by atoms with Crippen molar-refractivity contribution in [1.82, 2.24) is 10.3 Å². The van der Waals surface area contributed by atoms with Crippen molar-refractivity contribution >= 4 is 16.9 Å². The van der Waals surface area contributed by atoms with E-state index in [2.05, 4.69) is 35.2 Å². The summed E-state index contributed by atoms with van der Waals surface area (Å²) in [6, 6.07) is 4.58. The van der Waals surface area contributed by atoms with Crippen molar-refractivity contribution in [3.8, 4) is 0 Å². The van der Waals surface area contributed by atoms with Gasteiger partial charge in [0.2, 0.25) is 0 Å². The maximum atomic E-state index is 4.57. The molecule has 1 aliphatic rings. The van der Waals surface area contributed by atoms with E-state index in [0.717, 1.165) is 16.6 Å². The Kier molecular flexibility index (Phi) is 3.83. The van der Waals surface area contributed by atoms with Gasteiger partial charge in [0.05, 0.1) is 12.2 Å². The zero-order chi connectivity index (χ0) is 11.4. The van der Waals surface area contributed by atoms with E-state index in [-0.39, 0.29) is 0 Å². The third-order valence-corrected chi connectivity index (χ3v) is 3.61. The third-order valence-electron chi connectivity index (χ3n) is 2.65. The molecule has 0 aromatic carbocycles. The van der Waals surface area contributed by atoms with E-state index < -0.39 is 0 Å². The van der Waals surface area contributed by atoms with E-state index in [9.17, 15) is 0 Å². The minimum absolute atomic E-state index is 0.546. The number of nitrogens with one attached hydrogen (secondary N) is 1. The third kappa shape index (κ3) is 2.98. The van der Waals surface area contributed by atoms with Crippen LogP contribution in [-0.4, -0.2) is 21.9 Å². The molecule has 1 saturated heterocycles. The Hall–Kier alpha value is -1.03. The van der Waals surface area contributed by atoms with Gasteiger partial charge in [0.1, 0.15) is 0 Å². The van der Waals surface area contributed by atoms with Crippen LogP contribution in [0.2, 0.25) is 0 Å². The van der Waals surface area contributed by atoms with Crippen LogP contribution in [0.3, 0.4) is 0 Å². The summed E-state index contributed by atoms with van der Waals surface area (Å²) in [7, 11) is 0. The van der Waals surface area contributed by atoms with Crippen LogP contribution in [0.4, 0.5) is 0 Å². The zero-order valence-electron chi connectivity index (χ0n) is 9.73. The Labute approximate surface area is 101 Å². The van der Waals surface area contributed by atoms with Gasteiger partial charge in [-0.3, -0.25) is 9.98 Å². The molecule has 2 heterocycles. The van der Waals surface area contributed by atoms with Crippen molar-refractivity contribution in [2.45, 2.75) is 32.9 Å². The molecule has 0 spiro atoms. The summed E-state index contributed by atoms with van der Waals surface area (Å²) < 4.78 is 0. The minimum Gasteiger partial charge on any atom is -0.362 e. The Morgan fingerprint density at radius 1 is 1.62 bits per heavy atom. The first kappa shape index (κ1) is 11.5. The van der Waals surface area contributed by atoms with Crippen molar-refractivity contribution in [2.75, 3.05) is 5.75 Å². The van der Waals surface area contributed by atoms with Crippen LogP contribution < -0.4 is 5.32 Å². The quantitative estimate of drug-likeness (QED) is 0.855. The van der Waals surface area contributed by atoms with Crippen molar-refractivity contribution in [3.05, 3.63) is 29.6 Å². The van der Waals surface area contributed by atoms with Gasteiger partial charge in [-0.1, -0.05) is 17.8 Å². The first-order chi connectivity index (χ1) is 7.75. The highest BCUT2D eigenvalue weighted by atomic mass is 32.2. The van der Waals surface area contributed by atoms with E-state index >= 15 is 0 Å². The van der Waals surface area contributed by atoms with Gasteiger partial charge in [0.25, 0.3) is 0 Å². The molecule has 4 heteroatoms. The van der Waals surface area contributed by atoms with Crippen molar-refractivity contribution < 1.29 is 0 Å². The Balaban J connectivity index is 2.00. The standard InChI is InChI=1S/C12H17N3S/c1-9-4-3-6-13-11(9)8-14-12-15-10(2)5-7-16-12/h3-4,6,10H,5,7-8H2,1-2H3,(H,14,15). The number of pyridine rings is 1. The highest BCUT2D eigenvalue weighted by Gasteiger charge is 2.12. The van der Waals surface area contributed by atoms with Crippen LogP contribution in [0.25, 0.3) is 0 Å². The minimum atomic E-state index is 0.546. The largest absolute Gasteiger partial charge is 0.362 e. The lowest BCUT2D eigenvalue weighted by Gasteiger charge is -2.21. The Bertz CT molecular complexity index is 390. The summed E-state index contributed by atoms with van der Waals surface area (Å²) in [5, 5.41) is 4.45. The highest BCUT2D eigenvalue weighted by Crippen LogP contribution is 2.14. The predicted molar refractivity (Wildman–Crippen MR) is 69.8 cm³/mol. The molecule has 1 aromatic heterocycles. The molecule has 86 valence electrons. The lowest BCUT2D eigenvalue weighted by molar-refractivity contribution is 0.642. The fourth-order valence-corrected chi connectivity index (χ4v) is 2.68. The van der Waals surface area contributed by atoms with E-state index in [1.54, 1.807) is 11.8 Å². The summed E-state index contributed by atoms with van der Waals surface area (Å²) in [5.41, 5.74) is 2.27. The molecule has 0 radical (unpaired) electrons. The van der Waals surface area contributed by atoms with Crippen LogP contribution in [0.1, 0.15) is 24.6 Å². The summed E-state index contributed by atoms with van der Waals surface area (Å²) in [5.74, 6) is 1.16. The van der Waals surface area contributed by atoms with Crippen molar-refractivity contribution in [1.29, 1.82) is 0 Å². The molecular weight excluding hydrogens is 218 g/mol. The second kappa shape index (κ2) is 5.34. The summed E-state index contributed by atoms with van der Waals surface area (Å²) in [4.78, 5) is 8.91. The molecule has 1 aliphatic heterocycles. The van der Waals surface area contributed by atoms with E-state index in [0.29, 0.717) is 12.6 Å². The fraction of sp³-hybridized carbons (Fsp3) is 0.500. The first-order valence-electron chi connectivity index (χ1n) is 5.60. The number of amidine groups is 1. The number of rotatable bonds is 2. The number of hydrogen-bond donors (Lipinski definition) is 1.